The highest BCUT2D eigenvalue weighted by Crippen LogP contribution is 2.21. The lowest BCUT2D eigenvalue weighted by molar-refractivity contribution is -0.384. The molecule has 1 aromatic rings. The van der Waals surface area contributed by atoms with Crippen molar-refractivity contribution < 1.29 is 19.2 Å². The molecule has 0 radical (unpaired) electrons. The fourth-order valence-corrected chi connectivity index (χ4v) is 1.35. The van der Waals surface area contributed by atoms with Crippen LogP contribution in [0.15, 0.2) is 24.3 Å². The lowest BCUT2D eigenvalue weighted by atomic mass is 9.97. The number of methoxy groups -OCH3 is 1. The first-order chi connectivity index (χ1) is 8.08. The number of rotatable bonds is 5. The van der Waals surface area contributed by atoms with E-state index in [2.05, 4.69) is 4.74 Å². The minimum atomic E-state index is -0.636. The van der Waals surface area contributed by atoms with E-state index in [1.165, 1.54) is 31.4 Å². The molecule has 6 heteroatoms. The summed E-state index contributed by atoms with van der Waals surface area (Å²) >= 11 is 0. The van der Waals surface area contributed by atoms with Gasteiger partial charge in [-0.1, -0.05) is 12.1 Å². The van der Waals surface area contributed by atoms with Gasteiger partial charge < -0.3 is 9.53 Å². The minimum absolute atomic E-state index is 0.0588. The van der Waals surface area contributed by atoms with Crippen LogP contribution in [0.4, 0.5) is 5.69 Å². The summed E-state index contributed by atoms with van der Waals surface area (Å²) in [6, 6.07) is 5.51. The maximum absolute atomic E-state index is 11.0. The SMILES string of the molecule is COC(=O)CC(C=O)c1ccc([N+](=O)[O-])cc1. The smallest absolute Gasteiger partial charge is 0.306 e. The number of hydrogen-bond acceptors (Lipinski definition) is 5. The Morgan fingerprint density at radius 3 is 2.47 bits per heavy atom. The molecule has 0 aliphatic carbocycles. The van der Waals surface area contributed by atoms with Crippen LogP contribution in [0.3, 0.4) is 0 Å². The zero-order chi connectivity index (χ0) is 12.8. The van der Waals surface area contributed by atoms with Gasteiger partial charge in [0.1, 0.15) is 6.29 Å². The quantitative estimate of drug-likeness (QED) is 0.334. The molecule has 0 spiro atoms. The summed E-state index contributed by atoms with van der Waals surface area (Å²) in [5.74, 6) is -1.14. The molecule has 90 valence electrons. The Morgan fingerprint density at radius 2 is 2.06 bits per heavy atom. The van der Waals surface area contributed by atoms with E-state index in [4.69, 9.17) is 0 Å². The molecular weight excluding hydrogens is 226 g/mol. The van der Waals surface area contributed by atoms with Crippen LogP contribution < -0.4 is 0 Å². The fraction of sp³-hybridized carbons (Fsp3) is 0.273. The largest absolute Gasteiger partial charge is 0.469 e. The zero-order valence-electron chi connectivity index (χ0n) is 9.16. The van der Waals surface area contributed by atoms with E-state index < -0.39 is 16.8 Å². The van der Waals surface area contributed by atoms with E-state index in [9.17, 15) is 19.7 Å². The normalized spacial score (nSPS) is 11.6. The van der Waals surface area contributed by atoms with Crippen molar-refractivity contribution in [3.05, 3.63) is 39.9 Å². The maximum Gasteiger partial charge on any atom is 0.306 e. The first kappa shape index (κ1) is 12.8. The highest BCUT2D eigenvalue weighted by molar-refractivity contribution is 5.76. The second-order valence-corrected chi connectivity index (χ2v) is 3.37. The molecule has 0 amide bonds. The van der Waals surface area contributed by atoms with E-state index in [0.29, 0.717) is 11.8 Å². The van der Waals surface area contributed by atoms with Crippen LogP contribution in [0.1, 0.15) is 17.9 Å². The molecule has 0 aromatic heterocycles. The monoisotopic (exact) mass is 237 g/mol. The third-order valence-electron chi connectivity index (χ3n) is 2.31. The Morgan fingerprint density at radius 1 is 1.47 bits per heavy atom. The number of nitro groups is 1. The van der Waals surface area contributed by atoms with Gasteiger partial charge in [-0.05, 0) is 5.56 Å². The lowest BCUT2D eigenvalue weighted by Crippen LogP contribution is -2.09. The second kappa shape index (κ2) is 5.74. The Kier molecular flexibility index (Phi) is 4.33. The van der Waals surface area contributed by atoms with Crippen LogP contribution in [0.5, 0.6) is 0 Å². The maximum atomic E-state index is 11.0. The first-order valence-corrected chi connectivity index (χ1v) is 4.85. The van der Waals surface area contributed by atoms with E-state index >= 15 is 0 Å². The van der Waals surface area contributed by atoms with Gasteiger partial charge in [0.05, 0.1) is 24.4 Å². The molecule has 17 heavy (non-hydrogen) atoms. The van der Waals surface area contributed by atoms with E-state index in [1.807, 2.05) is 0 Å². The van der Waals surface area contributed by atoms with Gasteiger partial charge in [-0.2, -0.15) is 0 Å². The molecule has 1 unspecified atom stereocenters. The average molecular weight is 237 g/mol. The molecule has 0 bridgehead atoms. The van der Waals surface area contributed by atoms with Crippen molar-refractivity contribution in [3.63, 3.8) is 0 Å². The molecule has 0 aliphatic rings. The molecule has 0 aliphatic heterocycles. The summed E-state index contributed by atoms with van der Waals surface area (Å²) in [7, 11) is 1.24. The van der Waals surface area contributed by atoms with E-state index in [-0.39, 0.29) is 12.1 Å². The molecule has 0 heterocycles. The molecular formula is C11H11NO5. The van der Waals surface area contributed by atoms with Gasteiger partial charge in [0.2, 0.25) is 0 Å². The summed E-state index contributed by atoms with van der Waals surface area (Å²) in [5, 5.41) is 10.4. The number of nitrogens with zero attached hydrogens (tertiary/aromatic N) is 1. The lowest BCUT2D eigenvalue weighted by Gasteiger charge is -2.08. The third kappa shape index (κ3) is 3.37. The second-order valence-electron chi connectivity index (χ2n) is 3.37. The van der Waals surface area contributed by atoms with Crippen molar-refractivity contribution in [1.29, 1.82) is 0 Å². The van der Waals surface area contributed by atoms with E-state index in [1.54, 1.807) is 0 Å². The van der Waals surface area contributed by atoms with Crippen molar-refractivity contribution in [2.24, 2.45) is 0 Å². The molecule has 1 rings (SSSR count). The molecule has 1 aromatic carbocycles. The Labute approximate surface area is 97.3 Å². The van der Waals surface area contributed by atoms with Crippen molar-refractivity contribution in [1.82, 2.24) is 0 Å². The molecule has 6 nitrogen and oxygen atoms in total. The van der Waals surface area contributed by atoms with Gasteiger partial charge in [0, 0.05) is 12.1 Å². The number of carbonyl (C=O) groups is 2. The highest BCUT2D eigenvalue weighted by atomic mass is 16.6. The van der Waals surface area contributed by atoms with Crippen LogP contribution in [-0.4, -0.2) is 24.3 Å². The zero-order valence-corrected chi connectivity index (χ0v) is 9.16. The summed E-state index contributed by atoms with van der Waals surface area (Å²) in [5.41, 5.74) is 0.493. The van der Waals surface area contributed by atoms with Crippen LogP contribution in [0, 0.1) is 10.1 Å². The topological polar surface area (TPSA) is 86.5 Å². The highest BCUT2D eigenvalue weighted by Gasteiger charge is 2.16. The van der Waals surface area contributed by atoms with Gasteiger partial charge in [-0.3, -0.25) is 14.9 Å². The summed E-state index contributed by atoms with van der Waals surface area (Å²) in [6.45, 7) is 0. The Hall–Kier alpha value is -2.24. The molecule has 0 N–H and O–H groups in total. The van der Waals surface area contributed by atoms with Gasteiger partial charge >= 0.3 is 5.97 Å². The number of hydrogen-bond donors (Lipinski definition) is 0. The molecule has 0 fully saturated rings. The Bertz CT molecular complexity index is 426. The number of nitro benzene ring substituents is 1. The van der Waals surface area contributed by atoms with Crippen LogP contribution in [-0.2, 0) is 14.3 Å². The standard InChI is InChI=1S/C11H11NO5/c1-17-11(14)6-9(7-13)8-2-4-10(5-3-8)12(15)16/h2-5,7,9H,6H2,1H3. The summed E-state index contributed by atoms with van der Waals surface area (Å²) < 4.78 is 4.46. The number of ether oxygens (including phenoxy) is 1. The van der Waals surface area contributed by atoms with Crippen LogP contribution in [0.25, 0.3) is 0 Å². The van der Waals surface area contributed by atoms with Crippen molar-refractivity contribution in [2.75, 3.05) is 7.11 Å². The molecule has 0 saturated carbocycles. The van der Waals surface area contributed by atoms with Crippen LogP contribution in [0.2, 0.25) is 0 Å². The summed E-state index contributed by atoms with van der Waals surface area (Å²) in [4.78, 5) is 31.8. The van der Waals surface area contributed by atoms with Gasteiger partial charge in [0.15, 0.2) is 0 Å². The van der Waals surface area contributed by atoms with Crippen molar-refractivity contribution in [3.8, 4) is 0 Å². The molecule has 1 atom stereocenters. The minimum Gasteiger partial charge on any atom is -0.469 e. The van der Waals surface area contributed by atoms with Gasteiger partial charge in [-0.15, -0.1) is 0 Å². The number of esters is 1. The van der Waals surface area contributed by atoms with Crippen molar-refractivity contribution >= 4 is 17.9 Å². The number of carbonyl (C=O) groups excluding carboxylic acids is 2. The van der Waals surface area contributed by atoms with Crippen LogP contribution >= 0.6 is 0 Å². The predicted octanol–water partition coefficient (Wildman–Crippen LogP) is 1.44. The van der Waals surface area contributed by atoms with Gasteiger partial charge in [-0.25, -0.2) is 0 Å². The van der Waals surface area contributed by atoms with Crippen molar-refractivity contribution in [2.45, 2.75) is 12.3 Å². The predicted molar refractivity (Wildman–Crippen MR) is 58.5 cm³/mol. The third-order valence-corrected chi connectivity index (χ3v) is 2.31. The average Bonchev–Trinajstić information content (AvgIpc) is 2.35. The van der Waals surface area contributed by atoms with E-state index in [0.717, 1.165) is 0 Å². The molecule has 0 saturated heterocycles. The fourth-order valence-electron chi connectivity index (χ4n) is 1.35. The number of non-ortho nitro benzene ring substituents is 1. The summed E-state index contributed by atoms with van der Waals surface area (Å²) in [6.07, 6.45) is 0.551. The van der Waals surface area contributed by atoms with Gasteiger partial charge in [0.25, 0.3) is 5.69 Å². The number of benzene rings is 1. The number of aldehydes is 1. The Balaban J connectivity index is 2.85. The first-order valence-electron chi connectivity index (χ1n) is 4.85.